The van der Waals surface area contributed by atoms with Crippen LogP contribution >= 0.6 is 0 Å². The maximum atomic E-state index is 12.1. The highest BCUT2D eigenvalue weighted by Crippen LogP contribution is 2.28. The number of aromatic amines is 1. The zero-order valence-corrected chi connectivity index (χ0v) is 9.41. The molecule has 2 aromatic heterocycles. The highest BCUT2D eigenvalue weighted by molar-refractivity contribution is 5.74. The van der Waals surface area contributed by atoms with Gasteiger partial charge >= 0.3 is 6.18 Å². The van der Waals surface area contributed by atoms with Crippen molar-refractivity contribution < 1.29 is 23.1 Å². The molecule has 0 aliphatic rings. The Morgan fingerprint density at radius 2 is 2.00 bits per heavy atom. The van der Waals surface area contributed by atoms with E-state index in [4.69, 9.17) is 0 Å². The van der Waals surface area contributed by atoms with E-state index in [2.05, 4.69) is 9.97 Å². The summed E-state index contributed by atoms with van der Waals surface area (Å²) in [5.74, 6) is -0.995. The van der Waals surface area contributed by atoms with Crippen LogP contribution in [0.3, 0.4) is 0 Å². The number of hydrogen-bond acceptors (Lipinski definition) is 3. The molecule has 0 fully saturated rings. The first-order valence-corrected chi connectivity index (χ1v) is 5.05. The van der Waals surface area contributed by atoms with Gasteiger partial charge in [-0.15, -0.1) is 0 Å². The fraction of sp³-hybridized carbons (Fsp3) is 0.273. The van der Waals surface area contributed by atoms with Crippen LogP contribution < -0.4 is 5.11 Å². The van der Waals surface area contributed by atoms with Crippen molar-refractivity contribution in [2.24, 2.45) is 0 Å². The number of pyridine rings is 1. The topological polar surface area (TPSA) is 68.8 Å². The van der Waals surface area contributed by atoms with Gasteiger partial charge in [0.1, 0.15) is 5.69 Å². The molecule has 0 amide bonds. The van der Waals surface area contributed by atoms with Crippen molar-refractivity contribution in [1.29, 1.82) is 0 Å². The third-order valence-electron chi connectivity index (χ3n) is 1.98. The molecule has 0 saturated carbocycles. The van der Waals surface area contributed by atoms with Crippen LogP contribution in [0.4, 0.5) is 13.2 Å². The lowest BCUT2D eigenvalue weighted by molar-refractivity contribution is -0.305. The molecule has 2 rings (SSSR count). The minimum absolute atomic E-state index is 0.111. The fourth-order valence-corrected chi connectivity index (χ4v) is 1.09. The largest absolute Gasteiger partial charge is 0.550 e. The molecule has 0 atom stereocenters. The Hall–Kier alpha value is -2.05. The van der Waals surface area contributed by atoms with Gasteiger partial charge in [-0.3, -0.25) is 0 Å². The normalized spacial score (nSPS) is 10.9. The first-order chi connectivity index (χ1) is 8.34. The van der Waals surface area contributed by atoms with Gasteiger partial charge in [0.15, 0.2) is 0 Å². The van der Waals surface area contributed by atoms with E-state index in [-0.39, 0.29) is 6.42 Å². The van der Waals surface area contributed by atoms with E-state index < -0.39 is 17.8 Å². The summed E-state index contributed by atoms with van der Waals surface area (Å²) in [6.45, 7) is 1.54. The predicted molar refractivity (Wildman–Crippen MR) is 56.4 cm³/mol. The van der Waals surface area contributed by atoms with Crippen LogP contribution in [0.2, 0.25) is 0 Å². The van der Waals surface area contributed by atoms with E-state index >= 15 is 0 Å². The van der Waals surface area contributed by atoms with Crippen molar-refractivity contribution in [3.05, 3.63) is 30.1 Å². The summed E-state index contributed by atoms with van der Waals surface area (Å²) in [7, 11) is 0. The molecular weight excluding hydrogens is 249 g/mol. The first-order valence-electron chi connectivity index (χ1n) is 5.05. The summed E-state index contributed by atoms with van der Waals surface area (Å²) >= 11 is 0. The summed E-state index contributed by atoms with van der Waals surface area (Å²) in [6.07, 6.45) is -2.71. The molecule has 0 spiro atoms. The van der Waals surface area contributed by atoms with Crippen LogP contribution in [0, 0.1) is 0 Å². The molecule has 0 saturated heterocycles. The third-order valence-corrected chi connectivity index (χ3v) is 1.98. The lowest BCUT2D eigenvalue weighted by atomic mass is 10.3. The summed E-state index contributed by atoms with van der Waals surface area (Å²) in [5.41, 5.74) is 0.0717. The van der Waals surface area contributed by atoms with Crippen LogP contribution in [0.5, 0.6) is 0 Å². The monoisotopic (exact) mass is 259 g/mol. The predicted octanol–water partition coefficient (Wildman–Crippen LogP) is 1.73. The highest BCUT2D eigenvalue weighted by atomic mass is 19.4. The summed E-state index contributed by atoms with van der Waals surface area (Å²) < 4.78 is 36.4. The second kappa shape index (κ2) is 5.52. The molecule has 0 unspecified atom stereocenters. The molecule has 1 N–H and O–H groups in total. The maximum absolute atomic E-state index is 12.1. The zero-order chi connectivity index (χ0) is 13.8. The Balaban J connectivity index is 0.000000280. The van der Waals surface area contributed by atoms with E-state index in [1.165, 1.54) is 19.1 Å². The Morgan fingerprint density at radius 3 is 2.50 bits per heavy atom. The maximum Gasteiger partial charge on any atom is 0.433 e. The fourth-order valence-electron chi connectivity index (χ4n) is 1.09. The number of nitrogens with zero attached hydrogens (tertiary/aromatic N) is 1. The minimum Gasteiger partial charge on any atom is -0.550 e. The number of H-pyrrole nitrogens is 1. The van der Waals surface area contributed by atoms with Crippen molar-refractivity contribution in [3.8, 4) is 0 Å². The molecule has 18 heavy (non-hydrogen) atoms. The number of halogens is 3. The van der Waals surface area contributed by atoms with Crippen LogP contribution in [0.25, 0.3) is 11.0 Å². The number of carbonyl (C=O) groups is 1. The summed E-state index contributed by atoms with van der Waals surface area (Å²) in [6, 6.07) is 3.83. The van der Waals surface area contributed by atoms with Crippen molar-refractivity contribution in [2.75, 3.05) is 0 Å². The Bertz CT molecular complexity index is 534. The van der Waals surface area contributed by atoms with Gasteiger partial charge in [0.25, 0.3) is 0 Å². The van der Waals surface area contributed by atoms with E-state index in [9.17, 15) is 23.1 Å². The highest BCUT2D eigenvalue weighted by Gasteiger charge is 2.32. The Kier molecular flexibility index (Phi) is 4.30. The average molecular weight is 259 g/mol. The number of aromatic nitrogens is 2. The van der Waals surface area contributed by atoms with Gasteiger partial charge in [0.2, 0.25) is 0 Å². The van der Waals surface area contributed by atoms with Gasteiger partial charge in [-0.25, -0.2) is 4.98 Å². The van der Waals surface area contributed by atoms with Crippen molar-refractivity contribution in [1.82, 2.24) is 9.97 Å². The molecule has 98 valence electrons. The van der Waals surface area contributed by atoms with E-state index in [0.717, 1.165) is 6.07 Å². The van der Waals surface area contributed by atoms with Gasteiger partial charge in [-0.05, 0) is 24.6 Å². The van der Waals surface area contributed by atoms with Gasteiger partial charge in [-0.1, -0.05) is 6.92 Å². The minimum atomic E-state index is -4.37. The molecule has 0 bridgehead atoms. The van der Waals surface area contributed by atoms with Crippen LogP contribution in [0.1, 0.15) is 19.0 Å². The number of nitrogens with one attached hydrogen (secondary N) is 1. The number of alkyl halides is 3. The lowest BCUT2D eigenvalue weighted by Crippen LogP contribution is -2.19. The van der Waals surface area contributed by atoms with Crippen LogP contribution in [0.15, 0.2) is 24.4 Å². The molecule has 0 aromatic carbocycles. The second-order valence-electron chi connectivity index (χ2n) is 3.33. The molecular formula is C11H10F3N2O2-. The van der Waals surface area contributed by atoms with E-state index in [1.54, 1.807) is 6.20 Å². The standard InChI is InChI=1S/C8H5F3N2.C3H6O2/c9-8(10,11)7-2-1-5-6(13-7)3-4-12-5;1-2-3(4)5/h1-4,12H;2H2,1H3,(H,4,5)/p-1. The van der Waals surface area contributed by atoms with Crippen LogP contribution in [-0.2, 0) is 11.0 Å². The molecule has 2 aromatic rings. The number of aliphatic carboxylic acids is 1. The van der Waals surface area contributed by atoms with E-state index in [0.29, 0.717) is 11.0 Å². The van der Waals surface area contributed by atoms with Gasteiger partial charge in [0.05, 0.1) is 11.0 Å². The van der Waals surface area contributed by atoms with Gasteiger partial charge < -0.3 is 14.9 Å². The summed E-state index contributed by atoms with van der Waals surface area (Å²) in [4.78, 5) is 15.5. The number of hydrogen-bond donors (Lipinski definition) is 1. The van der Waals surface area contributed by atoms with Crippen molar-refractivity contribution in [3.63, 3.8) is 0 Å². The zero-order valence-electron chi connectivity index (χ0n) is 9.41. The van der Waals surface area contributed by atoms with Crippen LogP contribution in [-0.4, -0.2) is 15.9 Å². The van der Waals surface area contributed by atoms with E-state index in [1.807, 2.05) is 0 Å². The Labute approximate surface area is 100 Å². The van der Waals surface area contributed by atoms with Crippen molar-refractivity contribution in [2.45, 2.75) is 19.5 Å². The molecule has 4 nitrogen and oxygen atoms in total. The molecule has 0 radical (unpaired) electrons. The molecule has 0 aliphatic carbocycles. The number of carboxylic acid groups (broad SMARTS) is 1. The SMILES string of the molecule is CCC(=O)[O-].FC(F)(F)c1ccc2[nH]ccc2n1. The van der Waals surface area contributed by atoms with Gasteiger partial charge in [-0.2, -0.15) is 13.2 Å². The molecule has 0 aliphatic heterocycles. The average Bonchev–Trinajstić information content (AvgIpc) is 2.75. The Morgan fingerprint density at radius 1 is 1.39 bits per heavy atom. The quantitative estimate of drug-likeness (QED) is 0.847. The third kappa shape index (κ3) is 3.76. The number of rotatable bonds is 1. The van der Waals surface area contributed by atoms with Gasteiger partial charge in [0, 0.05) is 12.2 Å². The first kappa shape index (κ1) is 14.0. The molecule has 7 heteroatoms. The van der Waals surface area contributed by atoms with Crippen molar-refractivity contribution >= 4 is 17.0 Å². The number of fused-ring (bicyclic) bond motifs is 1. The number of carbonyl (C=O) groups excluding carboxylic acids is 1. The molecule has 2 heterocycles. The lowest BCUT2D eigenvalue weighted by Gasteiger charge is -2.04. The number of carboxylic acids is 1. The second-order valence-corrected chi connectivity index (χ2v) is 3.33. The summed E-state index contributed by atoms with van der Waals surface area (Å²) in [5, 5.41) is 9.26. The smallest absolute Gasteiger partial charge is 0.433 e.